The highest BCUT2D eigenvalue weighted by atomic mass is 35.5. The first-order valence-corrected chi connectivity index (χ1v) is 11.4. The summed E-state index contributed by atoms with van der Waals surface area (Å²) < 4.78 is 43.6. The van der Waals surface area contributed by atoms with Gasteiger partial charge in [-0.1, -0.05) is 0 Å². The normalized spacial score (nSPS) is 11.1. The Morgan fingerprint density at radius 1 is 0.974 bits per heavy atom. The van der Waals surface area contributed by atoms with Gasteiger partial charge in [0.2, 0.25) is 11.9 Å². The van der Waals surface area contributed by atoms with Gasteiger partial charge in [-0.3, -0.25) is 14.7 Å². The van der Waals surface area contributed by atoms with E-state index >= 15 is 0 Å². The molecular weight excluding hydrogens is 531 g/mol. The highest BCUT2D eigenvalue weighted by molar-refractivity contribution is 5.93. The first-order chi connectivity index (χ1) is 18.2. The standard InChI is InChI=1S/C27H20F3N7O.ClH/c1-17-15-36(16-34-17)22-11-20(27(28,29)30)12-23(13-22)37(21-6-4-18(5-7-21)25(31)38)26-33-10-8-24(35-26)19-3-2-9-32-14-19;/h2-16H,1H3,(H2,31,38);1H. The Morgan fingerprint density at radius 3 is 2.36 bits per heavy atom. The maximum absolute atomic E-state index is 14.0. The molecule has 3 aromatic heterocycles. The Labute approximate surface area is 227 Å². The molecule has 3 heterocycles. The number of aromatic nitrogens is 5. The highest BCUT2D eigenvalue weighted by Gasteiger charge is 2.32. The zero-order valence-corrected chi connectivity index (χ0v) is 21.2. The minimum absolute atomic E-state index is 0. The van der Waals surface area contributed by atoms with E-state index in [1.54, 1.807) is 55.8 Å². The number of nitrogens with two attached hydrogens (primary N) is 1. The van der Waals surface area contributed by atoms with Gasteiger partial charge in [-0.25, -0.2) is 15.0 Å². The first kappa shape index (κ1) is 27.3. The third-order valence-corrected chi connectivity index (χ3v) is 5.71. The zero-order chi connectivity index (χ0) is 26.9. The molecule has 1 amide bonds. The van der Waals surface area contributed by atoms with Crippen molar-refractivity contribution in [3.63, 3.8) is 0 Å². The summed E-state index contributed by atoms with van der Waals surface area (Å²) in [4.78, 5) is 30.4. The van der Waals surface area contributed by atoms with Gasteiger partial charge in [0, 0.05) is 47.3 Å². The van der Waals surface area contributed by atoms with Crippen LogP contribution >= 0.6 is 12.4 Å². The lowest BCUT2D eigenvalue weighted by atomic mass is 10.1. The van der Waals surface area contributed by atoms with Crippen molar-refractivity contribution in [2.24, 2.45) is 5.73 Å². The topological polar surface area (TPSA) is 103 Å². The molecule has 0 aliphatic carbocycles. The second-order valence-electron chi connectivity index (χ2n) is 8.39. The smallest absolute Gasteiger partial charge is 0.366 e. The summed E-state index contributed by atoms with van der Waals surface area (Å²) in [5, 5.41) is 0. The number of imidazole rings is 1. The third kappa shape index (κ3) is 5.88. The molecule has 2 aromatic carbocycles. The van der Waals surface area contributed by atoms with Crippen LogP contribution in [0.4, 0.5) is 30.5 Å². The van der Waals surface area contributed by atoms with Crippen molar-refractivity contribution in [3.8, 4) is 16.9 Å². The summed E-state index contributed by atoms with van der Waals surface area (Å²) in [6.07, 6.45) is 3.22. The molecule has 0 spiro atoms. The average Bonchev–Trinajstić information content (AvgIpc) is 3.35. The van der Waals surface area contributed by atoms with E-state index in [1.807, 2.05) is 6.07 Å². The fourth-order valence-corrected chi connectivity index (χ4v) is 3.89. The maximum Gasteiger partial charge on any atom is 0.416 e. The predicted molar refractivity (Wildman–Crippen MR) is 143 cm³/mol. The number of carbonyl (C=O) groups is 1. The van der Waals surface area contributed by atoms with Gasteiger partial charge < -0.3 is 10.3 Å². The number of carbonyl (C=O) groups excluding carboxylic acids is 1. The second kappa shape index (κ2) is 10.9. The number of primary amides is 1. The molecule has 198 valence electrons. The Balaban J connectivity index is 0.00000353. The lowest BCUT2D eigenvalue weighted by Gasteiger charge is -2.25. The van der Waals surface area contributed by atoms with Gasteiger partial charge in [0.15, 0.2) is 0 Å². The Morgan fingerprint density at radius 2 is 1.74 bits per heavy atom. The molecule has 2 N–H and O–H groups in total. The summed E-state index contributed by atoms with van der Waals surface area (Å²) in [7, 11) is 0. The monoisotopic (exact) mass is 551 g/mol. The van der Waals surface area contributed by atoms with Crippen LogP contribution in [0.5, 0.6) is 0 Å². The highest BCUT2D eigenvalue weighted by Crippen LogP contribution is 2.39. The lowest BCUT2D eigenvalue weighted by Crippen LogP contribution is -2.16. The van der Waals surface area contributed by atoms with Crippen LogP contribution in [-0.4, -0.2) is 30.4 Å². The van der Waals surface area contributed by atoms with Crippen LogP contribution < -0.4 is 10.6 Å². The molecule has 0 aliphatic heterocycles. The minimum Gasteiger partial charge on any atom is -0.366 e. The number of alkyl halides is 3. The first-order valence-electron chi connectivity index (χ1n) is 11.4. The predicted octanol–water partition coefficient (Wildman–Crippen LogP) is 6.04. The van der Waals surface area contributed by atoms with E-state index in [4.69, 9.17) is 5.73 Å². The minimum atomic E-state index is -4.62. The molecular formula is C27H21ClF3N7O. The van der Waals surface area contributed by atoms with Gasteiger partial charge >= 0.3 is 6.18 Å². The van der Waals surface area contributed by atoms with Crippen LogP contribution in [0.25, 0.3) is 16.9 Å². The van der Waals surface area contributed by atoms with Crippen LogP contribution in [0, 0.1) is 6.92 Å². The molecule has 8 nitrogen and oxygen atoms in total. The summed E-state index contributed by atoms with van der Waals surface area (Å²) >= 11 is 0. The summed E-state index contributed by atoms with van der Waals surface area (Å²) in [6.45, 7) is 1.75. The van der Waals surface area contributed by atoms with E-state index in [0.29, 0.717) is 22.6 Å². The molecule has 0 atom stereocenters. The second-order valence-corrected chi connectivity index (χ2v) is 8.39. The number of benzene rings is 2. The molecule has 12 heteroatoms. The van der Waals surface area contributed by atoms with Crippen molar-refractivity contribution >= 4 is 35.6 Å². The Hall–Kier alpha value is -4.77. The van der Waals surface area contributed by atoms with Crippen molar-refractivity contribution in [1.82, 2.24) is 24.5 Å². The van der Waals surface area contributed by atoms with E-state index in [2.05, 4.69) is 19.9 Å². The average molecular weight is 552 g/mol. The van der Waals surface area contributed by atoms with Crippen LogP contribution in [0.15, 0.2) is 91.8 Å². The van der Waals surface area contributed by atoms with Crippen LogP contribution in [0.2, 0.25) is 0 Å². The van der Waals surface area contributed by atoms with E-state index in [0.717, 1.165) is 12.1 Å². The number of halogens is 4. The molecule has 0 aliphatic rings. The number of hydrogen-bond acceptors (Lipinski definition) is 6. The van der Waals surface area contributed by atoms with Crippen molar-refractivity contribution in [2.75, 3.05) is 4.90 Å². The summed E-state index contributed by atoms with van der Waals surface area (Å²) in [5.41, 5.74) is 7.47. The zero-order valence-electron chi connectivity index (χ0n) is 20.4. The van der Waals surface area contributed by atoms with E-state index in [1.165, 1.54) is 34.1 Å². The Kier molecular flexibility index (Phi) is 7.63. The molecule has 39 heavy (non-hydrogen) atoms. The van der Waals surface area contributed by atoms with Gasteiger partial charge in [-0.2, -0.15) is 13.2 Å². The maximum atomic E-state index is 14.0. The molecule has 5 aromatic rings. The molecule has 5 rings (SSSR count). The van der Waals surface area contributed by atoms with Gasteiger partial charge in [-0.05, 0) is 67.6 Å². The number of rotatable bonds is 6. The molecule has 0 bridgehead atoms. The van der Waals surface area contributed by atoms with Crippen LogP contribution in [0.1, 0.15) is 21.6 Å². The van der Waals surface area contributed by atoms with Gasteiger partial charge in [0.05, 0.1) is 29.0 Å². The van der Waals surface area contributed by atoms with E-state index in [9.17, 15) is 18.0 Å². The van der Waals surface area contributed by atoms with E-state index in [-0.39, 0.29) is 35.3 Å². The van der Waals surface area contributed by atoms with Crippen molar-refractivity contribution in [3.05, 3.63) is 109 Å². The van der Waals surface area contributed by atoms with E-state index < -0.39 is 17.6 Å². The number of pyridine rings is 1. The molecule has 0 saturated carbocycles. The summed E-state index contributed by atoms with van der Waals surface area (Å²) in [6, 6.07) is 15.0. The van der Waals surface area contributed by atoms with Gasteiger partial charge in [0.25, 0.3) is 0 Å². The fourth-order valence-electron chi connectivity index (χ4n) is 3.89. The van der Waals surface area contributed by atoms with Crippen molar-refractivity contribution < 1.29 is 18.0 Å². The number of hydrogen-bond donors (Lipinski definition) is 1. The van der Waals surface area contributed by atoms with Gasteiger partial charge in [-0.15, -0.1) is 12.4 Å². The fraction of sp³-hybridized carbons (Fsp3) is 0.0741. The van der Waals surface area contributed by atoms with Crippen molar-refractivity contribution in [1.29, 1.82) is 0 Å². The third-order valence-electron chi connectivity index (χ3n) is 5.71. The van der Waals surface area contributed by atoms with Crippen LogP contribution in [-0.2, 0) is 6.18 Å². The Bertz CT molecular complexity index is 1610. The molecule has 0 saturated heterocycles. The number of amides is 1. The van der Waals surface area contributed by atoms with Crippen molar-refractivity contribution in [2.45, 2.75) is 13.1 Å². The quantitative estimate of drug-likeness (QED) is 0.276. The van der Waals surface area contributed by atoms with Crippen LogP contribution in [0.3, 0.4) is 0 Å². The molecule has 0 unspecified atom stereocenters. The molecule has 0 fully saturated rings. The number of nitrogens with zero attached hydrogens (tertiary/aromatic N) is 6. The SMILES string of the molecule is Cc1cn(-c2cc(N(c3ccc(C(N)=O)cc3)c3nccc(-c4cccnc4)n3)cc(C(F)(F)F)c2)cn1.Cl. The molecule has 0 radical (unpaired) electrons. The largest absolute Gasteiger partial charge is 0.416 e. The summed E-state index contributed by atoms with van der Waals surface area (Å²) in [5.74, 6) is -0.514. The lowest BCUT2D eigenvalue weighted by molar-refractivity contribution is -0.137. The number of aryl methyl sites for hydroxylation is 1. The van der Waals surface area contributed by atoms with Gasteiger partial charge in [0.1, 0.15) is 0 Å². The number of anilines is 3.